The topological polar surface area (TPSA) is 93.3 Å². The van der Waals surface area contributed by atoms with E-state index in [9.17, 15) is 27.2 Å². The van der Waals surface area contributed by atoms with Gasteiger partial charge in [-0.3, -0.25) is 14.7 Å². The summed E-state index contributed by atoms with van der Waals surface area (Å²) in [6, 6.07) is 3.28. The van der Waals surface area contributed by atoms with Crippen LogP contribution in [0.2, 0.25) is 0 Å². The summed E-state index contributed by atoms with van der Waals surface area (Å²) in [7, 11) is 0. The number of nitrogens with one attached hydrogen (secondary N) is 2. The number of amides is 1. The standard InChI is InChI=1S/C15H9F4N3O4/c16-14(17)15(18,19)26-11-5-8(1-3-10(11)25-14)2-4-12(24)21-13-9(7-23)6-20-22-13/h1-7H,(H2,20,21,22,24)/b4-2+. The zero-order valence-electron chi connectivity index (χ0n) is 12.6. The van der Waals surface area contributed by atoms with Gasteiger partial charge in [-0.2, -0.15) is 22.7 Å². The van der Waals surface area contributed by atoms with Crippen molar-refractivity contribution in [3.05, 3.63) is 41.6 Å². The fourth-order valence-corrected chi connectivity index (χ4v) is 2.01. The van der Waals surface area contributed by atoms with Crippen LogP contribution in [0.25, 0.3) is 6.08 Å². The molecular weight excluding hydrogens is 362 g/mol. The lowest BCUT2D eigenvalue weighted by molar-refractivity contribution is -0.391. The Morgan fingerprint density at radius 1 is 1.15 bits per heavy atom. The van der Waals surface area contributed by atoms with Crippen LogP contribution in [0.15, 0.2) is 30.5 Å². The fourth-order valence-electron chi connectivity index (χ4n) is 2.01. The van der Waals surface area contributed by atoms with Crippen molar-refractivity contribution in [1.82, 2.24) is 10.2 Å². The van der Waals surface area contributed by atoms with Crippen molar-refractivity contribution in [1.29, 1.82) is 0 Å². The number of halogens is 4. The average molecular weight is 371 g/mol. The number of carbonyl (C=O) groups is 2. The highest BCUT2D eigenvalue weighted by Crippen LogP contribution is 2.47. The lowest BCUT2D eigenvalue weighted by Gasteiger charge is -2.31. The minimum absolute atomic E-state index is 0.0821. The van der Waals surface area contributed by atoms with E-state index in [-0.39, 0.29) is 16.9 Å². The van der Waals surface area contributed by atoms with Gasteiger partial charge >= 0.3 is 12.2 Å². The largest absolute Gasteiger partial charge is 0.507 e. The SMILES string of the molecule is O=Cc1cn[nH]c1NC(=O)/C=C/c1ccc2c(c1)OC(F)(F)C(F)(F)O2. The number of benzene rings is 1. The maximum absolute atomic E-state index is 13.2. The van der Waals surface area contributed by atoms with Crippen LogP contribution in [0.1, 0.15) is 15.9 Å². The van der Waals surface area contributed by atoms with E-state index in [4.69, 9.17) is 0 Å². The number of carbonyl (C=O) groups excluding carboxylic acids is 2. The van der Waals surface area contributed by atoms with E-state index in [1.165, 1.54) is 18.3 Å². The molecule has 0 bridgehead atoms. The lowest BCUT2D eigenvalue weighted by Crippen LogP contribution is -2.52. The Hall–Kier alpha value is -3.37. The van der Waals surface area contributed by atoms with Gasteiger partial charge in [0.15, 0.2) is 17.8 Å². The van der Waals surface area contributed by atoms with Crippen molar-refractivity contribution in [2.45, 2.75) is 12.2 Å². The zero-order chi connectivity index (χ0) is 18.9. The van der Waals surface area contributed by atoms with Crippen LogP contribution in [0, 0.1) is 0 Å². The van der Waals surface area contributed by atoms with Crippen molar-refractivity contribution in [3.63, 3.8) is 0 Å². The number of fused-ring (bicyclic) bond motifs is 1. The molecule has 3 rings (SSSR count). The van der Waals surface area contributed by atoms with Gasteiger partial charge in [0.05, 0.1) is 11.8 Å². The second-order valence-corrected chi connectivity index (χ2v) is 5.08. The molecule has 0 aliphatic carbocycles. The van der Waals surface area contributed by atoms with E-state index in [0.717, 1.165) is 18.2 Å². The second kappa shape index (κ2) is 6.17. The predicted molar refractivity (Wildman–Crippen MR) is 79.2 cm³/mol. The number of hydrogen-bond acceptors (Lipinski definition) is 5. The molecule has 0 fully saturated rings. The monoisotopic (exact) mass is 371 g/mol. The van der Waals surface area contributed by atoms with Crippen LogP contribution in [-0.2, 0) is 4.79 Å². The molecule has 1 aliphatic heterocycles. The van der Waals surface area contributed by atoms with Crippen molar-refractivity contribution in [3.8, 4) is 11.5 Å². The number of aromatic amines is 1. The van der Waals surface area contributed by atoms with Crippen LogP contribution in [0.5, 0.6) is 11.5 Å². The van der Waals surface area contributed by atoms with E-state index in [0.29, 0.717) is 6.29 Å². The third-order valence-corrected chi connectivity index (χ3v) is 3.25. The second-order valence-electron chi connectivity index (χ2n) is 5.08. The number of rotatable bonds is 4. The number of nitrogens with zero attached hydrogens (tertiary/aromatic N) is 1. The molecule has 0 spiro atoms. The van der Waals surface area contributed by atoms with Crippen LogP contribution in [-0.4, -0.2) is 34.6 Å². The summed E-state index contributed by atoms with van der Waals surface area (Å²) in [4.78, 5) is 22.5. The highest BCUT2D eigenvalue weighted by atomic mass is 19.3. The molecule has 26 heavy (non-hydrogen) atoms. The van der Waals surface area contributed by atoms with E-state index in [2.05, 4.69) is 25.0 Å². The van der Waals surface area contributed by atoms with Crippen LogP contribution in [0.3, 0.4) is 0 Å². The van der Waals surface area contributed by atoms with Crippen molar-refractivity contribution >= 4 is 24.1 Å². The molecular formula is C15H9F4N3O4. The van der Waals surface area contributed by atoms with Crippen molar-refractivity contribution in [2.75, 3.05) is 5.32 Å². The summed E-state index contributed by atoms with van der Waals surface area (Å²) < 4.78 is 60.4. The van der Waals surface area contributed by atoms with Gasteiger partial charge in [-0.25, -0.2) is 0 Å². The Morgan fingerprint density at radius 3 is 2.54 bits per heavy atom. The molecule has 7 nitrogen and oxygen atoms in total. The third kappa shape index (κ3) is 3.23. The molecule has 0 atom stereocenters. The molecule has 0 saturated carbocycles. The quantitative estimate of drug-likeness (QED) is 0.490. The summed E-state index contributed by atoms with van der Waals surface area (Å²) in [5.41, 5.74) is 0.345. The number of hydrogen-bond donors (Lipinski definition) is 2. The molecule has 2 heterocycles. The van der Waals surface area contributed by atoms with Gasteiger partial charge in [-0.1, -0.05) is 6.07 Å². The number of aldehydes is 1. The molecule has 1 aromatic heterocycles. The first-order valence-electron chi connectivity index (χ1n) is 6.97. The molecule has 0 unspecified atom stereocenters. The molecule has 2 N–H and O–H groups in total. The van der Waals surface area contributed by atoms with Crippen LogP contribution in [0.4, 0.5) is 23.4 Å². The van der Waals surface area contributed by atoms with E-state index < -0.39 is 29.6 Å². The summed E-state index contributed by atoms with van der Waals surface area (Å²) in [6.07, 6.45) is -5.67. The number of H-pyrrole nitrogens is 1. The summed E-state index contributed by atoms with van der Waals surface area (Å²) in [5, 5.41) is 8.33. The zero-order valence-corrected chi connectivity index (χ0v) is 12.6. The van der Waals surface area contributed by atoms with Gasteiger partial charge in [0, 0.05) is 6.08 Å². The molecule has 0 saturated heterocycles. The molecule has 0 radical (unpaired) electrons. The first kappa shape index (κ1) is 17.5. The van der Waals surface area contributed by atoms with Crippen LogP contribution >= 0.6 is 0 Å². The third-order valence-electron chi connectivity index (χ3n) is 3.25. The van der Waals surface area contributed by atoms with Crippen molar-refractivity contribution < 1.29 is 36.6 Å². The Morgan fingerprint density at radius 2 is 1.85 bits per heavy atom. The maximum atomic E-state index is 13.2. The minimum Gasteiger partial charge on any atom is -0.421 e. The Kier molecular flexibility index (Phi) is 4.14. The van der Waals surface area contributed by atoms with Crippen LogP contribution < -0.4 is 14.8 Å². The van der Waals surface area contributed by atoms with Gasteiger partial charge < -0.3 is 14.8 Å². The van der Waals surface area contributed by atoms with Gasteiger partial charge in [0.2, 0.25) is 5.91 Å². The Balaban J connectivity index is 1.74. The molecule has 2 aromatic rings. The van der Waals surface area contributed by atoms with Gasteiger partial charge in [0.1, 0.15) is 5.82 Å². The van der Waals surface area contributed by atoms with Gasteiger partial charge in [-0.05, 0) is 23.8 Å². The molecule has 1 aliphatic rings. The molecule has 136 valence electrons. The van der Waals surface area contributed by atoms with Gasteiger partial charge in [0.25, 0.3) is 0 Å². The normalized spacial score (nSPS) is 17.1. The number of aromatic nitrogens is 2. The lowest BCUT2D eigenvalue weighted by atomic mass is 10.1. The van der Waals surface area contributed by atoms with E-state index >= 15 is 0 Å². The Labute approximate surface area is 142 Å². The molecule has 11 heteroatoms. The summed E-state index contributed by atoms with van der Waals surface area (Å²) in [6.45, 7) is 0. The smallest absolute Gasteiger partial charge is 0.421 e. The highest BCUT2D eigenvalue weighted by Gasteiger charge is 2.65. The maximum Gasteiger partial charge on any atom is 0.507 e. The summed E-state index contributed by atoms with van der Waals surface area (Å²) in [5.74, 6) is -1.72. The van der Waals surface area contributed by atoms with E-state index in [1.807, 2.05) is 0 Å². The fraction of sp³-hybridized carbons (Fsp3) is 0.133. The first-order chi connectivity index (χ1) is 12.2. The molecule has 1 aromatic carbocycles. The number of ether oxygens (including phenoxy) is 2. The van der Waals surface area contributed by atoms with Gasteiger partial charge in [-0.15, -0.1) is 0 Å². The highest BCUT2D eigenvalue weighted by molar-refractivity contribution is 6.03. The summed E-state index contributed by atoms with van der Waals surface area (Å²) >= 11 is 0. The van der Waals surface area contributed by atoms with Crippen molar-refractivity contribution in [2.24, 2.45) is 0 Å². The first-order valence-corrected chi connectivity index (χ1v) is 6.97. The average Bonchev–Trinajstić information content (AvgIpc) is 3.00. The molecule has 1 amide bonds. The Bertz CT molecular complexity index is 895. The number of anilines is 1. The minimum atomic E-state index is -4.83. The van der Waals surface area contributed by atoms with E-state index in [1.54, 1.807) is 0 Å². The predicted octanol–water partition coefficient (Wildman–Crippen LogP) is 2.83. The number of alkyl halides is 4.